The van der Waals surface area contributed by atoms with E-state index in [2.05, 4.69) is 22.5 Å². The van der Waals surface area contributed by atoms with Gasteiger partial charge in [-0.05, 0) is 50.3 Å². The molecule has 7 heteroatoms. The number of hydrogen-bond donors (Lipinski definition) is 2. The molecule has 1 aromatic rings. The largest absolute Gasteiger partial charge is 0.495 e. The molecule has 1 heterocycles. The molecule has 0 bridgehead atoms. The third-order valence-electron chi connectivity index (χ3n) is 4.56. The molecule has 0 radical (unpaired) electrons. The summed E-state index contributed by atoms with van der Waals surface area (Å²) in [7, 11) is 1.70. The predicted octanol–water partition coefficient (Wildman–Crippen LogP) is 3.51. The number of ether oxygens (including phenoxy) is 1. The molecular weight excluding hydrogens is 451 g/mol. The Hall–Kier alpha value is -0.890. The molecule has 1 atom stereocenters. The molecule has 1 saturated heterocycles. The summed E-state index contributed by atoms with van der Waals surface area (Å²) in [6.45, 7) is 5.83. The second-order valence-corrected chi connectivity index (χ2v) is 6.99. The third kappa shape index (κ3) is 5.81. The molecule has 2 aliphatic rings. The van der Waals surface area contributed by atoms with Crippen molar-refractivity contribution in [2.75, 3.05) is 38.2 Å². The number of benzene rings is 1. The van der Waals surface area contributed by atoms with Gasteiger partial charge in [0.1, 0.15) is 5.75 Å². The van der Waals surface area contributed by atoms with E-state index in [4.69, 9.17) is 21.3 Å². The highest BCUT2D eigenvalue weighted by atomic mass is 127. The summed E-state index contributed by atoms with van der Waals surface area (Å²) in [5.74, 6) is 2.61. The van der Waals surface area contributed by atoms with E-state index < -0.39 is 0 Å². The fourth-order valence-corrected chi connectivity index (χ4v) is 3.21. The normalized spacial score (nSPS) is 20.2. The highest BCUT2D eigenvalue weighted by Gasteiger charge is 2.26. The molecule has 1 saturated carbocycles. The Kier molecular flexibility index (Phi) is 7.93. The summed E-state index contributed by atoms with van der Waals surface area (Å²) in [6, 6.07) is 6.16. The van der Waals surface area contributed by atoms with Crippen LogP contribution < -0.4 is 20.3 Å². The molecule has 1 aromatic carbocycles. The van der Waals surface area contributed by atoms with Gasteiger partial charge in [0.25, 0.3) is 0 Å². The maximum atomic E-state index is 6.16. The highest BCUT2D eigenvalue weighted by Crippen LogP contribution is 2.33. The van der Waals surface area contributed by atoms with E-state index >= 15 is 0 Å². The third-order valence-corrected chi connectivity index (χ3v) is 4.79. The van der Waals surface area contributed by atoms with Gasteiger partial charge in [-0.3, -0.25) is 4.99 Å². The summed E-state index contributed by atoms with van der Waals surface area (Å²) >= 11 is 6.16. The Labute approximate surface area is 172 Å². The van der Waals surface area contributed by atoms with E-state index in [1.54, 1.807) is 7.11 Å². The van der Waals surface area contributed by atoms with E-state index in [0.717, 1.165) is 60.9 Å². The van der Waals surface area contributed by atoms with Crippen LogP contribution in [0, 0.1) is 5.92 Å². The second-order valence-electron chi connectivity index (χ2n) is 6.56. The lowest BCUT2D eigenvalue weighted by atomic mass is 10.2. The summed E-state index contributed by atoms with van der Waals surface area (Å²) in [6.07, 6.45) is 3.73. The van der Waals surface area contributed by atoms with Crippen molar-refractivity contribution in [2.45, 2.75) is 32.2 Å². The number of guanidine groups is 1. The van der Waals surface area contributed by atoms with Gasteiger partial charge in [-0.1, -0.05) is 11.6 Å². The van der Waals surface area contributed by atoms with E-state index in [0.29, 0.717) is 6.04 Å². The lowest BCUT2D eigenvalue weighted by Gasteiger charge is -2.22. The van der Waals surface area contributed by atoms with Crippen LogP contribution in [0.3, 0.4) is 0 Å². The van der Waals surface area contributed by atoms with Crippen molar-refractivity contribution in [2.24, 2.45) is 10.9 Å². The molecule has 2 fully saturated rings. The van der Waals surface area contributed by atoms with Crippen molar-refractivity contribution in [3.05, 3.63) is 23.2 Å². The molecule has 2 N–H and O–H groups in total. The lowest BCUT2D eigenvalue weighted by Crippen LogP contribution is -2.44. The fraction of sp³-hybridized carbons (Fsp3) is 0.611. The van der Waals surface area contributed by atoms with Gasteiger partial charge in [0.15, 0.2) is 5.96 Å². The first-order chi connectivity index (χ1) is 11.7. The molecule has 0 aromatic heterocycles. The lowest BCUT2D eigenvalue weighted by molar-refractivity contribution is 0.415. The van der Waals surface area contributed by atoms with E-state index in [9.17, 15) is 0 Å². The average molecular weight is 479 g/mol. The van der Waals surface area contributed by atoms with Crippen molar-refractivity contribution in [1.29, 1.82) is 0 Å². The molecule has 0 spiro atoms. The van der Waals surface area contributed by atoms with Crippen LogP contribution in [0.1, 0.15) is 26.2 Å². The standard InChI is InChI=1S/C18H27ClN4O.HI/c1-3-20-18(21-11-13-4-5-13)22-15-8-9-23(12-15)16-10-14(19)6-7-17(16)24-2;/h6-7,10,13,15H,3-5,8-9,11-12H2,1-2H3,(H2,20,21,22);1H. The molecule has 3 rings (SSSR count). The zero-order valence-electron chi connectivity index (χ0n) is 14.9. The van der Waals surface area contributed by atoms with Crippen molar-refractivity contribution in [3.63, 3.8) is 0 Å². The molecule has 0 amide bonds. The van der Waals surface area contributed by atoms with Crippen molar-refractivity contribution >= 4 is 47.2 Å². The van der Waals surface area contributed by atoms with Crippen LogP contribution in [0.15, 0.2) is 23.2 Å². The first-order valence-corrected chi connectivity index (χ1v) is 9.20. The zero-order valence-corrected chi connectivity index (χ0v) is 18.0. The first-order valence-electron chi connectivity index (χ1n) is 8.83. The van der Waals surface area contributed by atoms with Gasteiger partial charge >= 0.3 is 0 Å². The topological polar surface area (TPSA) is 48.9 Å². The average Bonchev–Trinajstić information content (AvgIpc) is 3.30. The smallest absolute Gasteiger partial charge is 0.191 e. The van der Waals surface area contributed by atoms with Crippen LogP contribution in [0.25, 0.3) is 0 Å². The van der Waals surface area contributed by atoms with Gasteiger partial charge in [-0.25, -0.2) is 0 Å². The molecule has 1 aliphatic heterocycles. The summed E-state index contributed by atoms with van der Waals surface area (Å²) in [5.41, 5.74) is 1.06. The molecule has 5 nitrogen and oxygen atoms in total. The predicted molar refractivity (Wildman–Crippen MR) is 116 cm³/mol. The number of methoxy groups -OCH3 is 1. The minimum absolute atomic E-state index is 0. The summed E-state index contributed by atoms with van der Waals surface area (Å²) in [5, 5.41) is 7.67. The molecule has 1 unspecified atom stereocenters. The number of nitrogens with zero attached hydrogens (tertiary/aromatic N) is 2. The fourth-order valence-electron chi connectivity index (χ4n) is 3.04. The second kappa shape index (κ2) is 9.71. The summed E-state index contributed by atoms with van der Waals surface area (Å²) < 4.78 is 5.48. The van der Waals surface area contributed by atoms with Gasteiger partial charge in [0.2, 0.25) is 0 Å². The maximum Gasteiger partial charge on any atom is 0.191 e. The van der Waals surface area contributed by atoms with Gasteiger partial charge in [-0.2, -0.15) is 0 Å². The van der Waals surface area contributed by atoms with Gasteiger partial charge in [0, 0.05) is 37.2 Å². The Balaban J connectivity index is 0.00000225. The van der Waals surface area contributed by atoms with Gasteiger partial charge in [0.05, 0.1) is 12.8 Å². The van der Waals surface area contributed by atoms with Crippen LogP contribution in [0.4, 0.5) is 5.69 Å². The molecule has 1 aliphatic carbocycles. The molecular formula is C18H28ClIN4O. The van der Waals surface area contributed by atoms with Crippen LogP contribution in [-0.4, -0.2) is 45.3 Å². The Bertz CT molecular complexity index is 594. The van der Waals surface area contributed by atoms with Crippen LogP contribution in [0.2, 0.25) is 5.02 Å². The van der Waals surface area contributed by atoms with Gasteiger partial charge in [-0.15, -0.1) is 24.0 Å². The quantitative estimate of drug-likeness (QED) is 0.373. The number of aliphatic imine (C=N–C) groups is 1. The first kappa shape index (κ1) is 20.4. The van der Waals surface area contributed by atoms with Crippen molar-refractivity contribution in [1.82, 2.24) is 10.6 Å². The van der Waals surface area contributed by atoms with Gasteiger partial charge < -0.3 is 20.3 Å². The van der Waals surface area contributed by atoms with Crippen LogP contribution in [0.5, 0.6) is 5.75 Å². The maximum absolute atomic E-state index is 6.16. The Morgan fingerprint density at radius 1 is 1.36 bits per heavy atom. The number of hydrogen-bond acceptors (Lipinski definition) is 3. The summed E-state index contributed by atoms with van der Waals surface area (Å²) in [4.78, 5) is 7.04. The van der Waals surface area contributed by atoms with Crippen molar-refractivity contribution < 1.29 is 4.74 Å². The minimum Gasteiger partial charge on any atom is -0.495 e. The Morgan fingerprint density at radius 3 is 2.84 bits per heavy atom. The number of nitrogens with one attached hydrogen (secondary N) is 2. The number of rotatable bonds is 6. The van der Waals surface area contributed by atoms with E-state index in [1.807, 2.05) is 18.2 Å². The minimum atomic E-state index is 0. The number of anilines is 1. The molecule has 25 heavy (non-hydrogen) atoms. The Morgan fingerprint density at radius 2 is 2.16 bits per heavy atom. The monoisotopic (exact) mass is 478 g/mol. The van der Waals surface area contributed by atoms with E-state index in [-0.39, 0.29) is 24.0 Å². The van der Waals surface area contributed by atoms with Crippen LogP contribution in [-0.2, 0) is 0 Å². The number of halogens is 2. The SMILES string of the molecule is CCNC(=NCC1CC1)NC1CCN(c2cc(Cl)ccc2OC)C1.I. The van der Waals surface area contributed by atoms with E-state index in [1.165, 1.54) is 12.8 Å². The molecule has 140 valence electrons. The zero-order chi connectivity index (χ0) is 16.9. The van der Waals surface area contributed by atoms with Crippen LogP contribution >= 0.6 is 35.6 Å². The van der Waals surface area contributed by atoms with Crippen molar-refractivity contribution in [3.8, 4) is 5.75 Å². The highest BCUT2D eigenvalue weighted by molar-refractivity contribution is 14.0.